The molecule has 0 spiro atoms. The number of likely N-dealkylation sites (N-methyl/N-ethyl adjacent to an activating group) is 2. The van der Waals surface area contributed by atoms with E-state index in [1.54, 1.807) is 18.3 Å². The lowest BCUT2D eigenvalue weighted by Gasteiger charge is -2.28. The molecule has 5 nitrogen and oxygen atoms in total. The van der Waals surface area contributed by atoms with Crippen molar-refractivity contribution in [3.63, 3.8) is 0 Å². The van der Waals surface area contributed by atoms with E-state index in [1.807, 2.05) is 0 Å². The number of halogens is 1. The standard InChI is InChI=1S/C21H34FN4OP/c1-4-25(17-24(3)15-21(28)13-23-2)11-12-26-10-9-20(14-26)27-16-18-5-7-19(22)8-6-18/h5-8,13,20H,2,4,9-12,14-17,28H2,1,3H3/b21-13+. The van der Waals surface area contributed by atoms with Gasteiger partial charge in [0.1, 0.15) is 5.82 Å². The highest BCUT2D eigenvalue weighted by Crippen LogP contribution is 2.15. The molecule has 28 heavy (non-hydrogen) atoms. The molecule has 1 heterocycles. The third kappa shape index (κ3) is 8.46. The molecule has 0 radical (unpaired) electrons. The number of likely N-dealkylation sites (tertiary alicyclic amines) is 1. The van der Waals surface area contributed by atoms with Gasteiger partial charge in [-0.15, -0.1) is 9.24 Å². The molecule has 2 rings (SSSR count). The molecular formula is C21H34FN4OP. The molecule has 0 aromatic heterocycles. The quantitative estimate of drug-likeness (QED) is 0.302. The van der Waals surface area contributed by atoms with Gasteiger partial charge in [-0.2, -0.15) is 0 Å². The molecule has 0 aliphatic carbocycles. The fourth-order valence-corrected chi connectivity index (χ4v) is 3.82. The summed E-state index contributed by atoms with van der Waals surface area (Å²) in [6.45, 7) is 13.2. The average molecular weight is 409 g/mol. The minimum atomic E-state index is -0.204. The number of benzene rings is 1. The summed E-state index contributed by atoms with van der Waals surface area (Å²) in [7, 11) is 4.84. The molecule has 0 N–H and O–H groups in total. The smallest absolute Gasteiger partial charge is 0.123 e. The SMILES string of the molecule is C=N/C=C(/P)CN(C)CN(CC)CCN1CCC(OCc2ccc(F)cc2)C1. The zero-order valence-corrected chi connectivity index (χ0v) is 18.3. The second-order valence-corrected chi connectivity index (χ2v) is 8.14. The van der Waals surface area contributed by atoms with Crippen molar-refractivity contribution >= 4 is 16.0 Å². The molecule has 0 saturated carbocycles. The lowest BCUT2D eigenvalue weighted by molar-refractivity contribution is 0.0454. The van der Waals surface area contributed by atoms with Crippen LogP contribution in [0.4, 0.5) is 4.39 Å². The van der Waals surface area contributed by atoms with Gasteiger partial charge in [0.05, 0.1) is 19.4 Å². The van der Waals surface area contributed by atoms with Crippen LogP contribution in [0.5, 0.6) is 0 Å². The summed E-state index contributed by atoms with van der Waals surface area (Å²) in [5.74, 6) is -0.204. The minimum Gasteiger partial charge on any atom is -0.372 e. The van der Waals surface area contributed by atoms with Gasteiger partial charge >= 0.3 is 0 Å². The van der Waals surface area contributed by atoms with Crippen molar-refractivity contribution in [1.29, 1.82) is 0 Å². The lowest BCUT2D eigenvalue weighted by atomic mass is 10.2. The van der Waals surface area contributed by atoms with Crippen LogP contribution in [0.1, 0.15) is 18.9 Å². The van der Waals surface area contributed by atoms with Crippen molar-refractivity contribution in [3.05, 3.63) is 47.2 Å². The molecule has 7 heteroatoms. The Bertz CT molecular complexity index is 625. The zero-order valence-electron chi connectivity index (χ0n) is 17.2. The number of nitrogens with zero attached hydrogens (tertiary/aromatic N) is 4. The second kappa shape index (κ2) is 12.4. The maximum Gasteiger partial charge on any atom is 0.123 e. The first-order valence-corrected chi connectivity index (χ1v) is 10.5. The monoisotopic (exact) mass is 408 g/mol. The van der Waals surface area contributed by atoms with Crippen molar-refractivity contribution in [2.75, 3.05) is 53.0 Å². The highest BCUT2D eigenvalue weighted by Gasteiger charge is 2.23. The first kappa shape index (κ1) is 23.1. The van der Waals surface area contributed by atoms with Crippen LogP contribution in [0.25, 0.3) is 0 Å². The van der Waals surface area contributed by atoms with Crippen molar-refractivity contribution in [2.24, 2.45) is 4.99 Å². The van der Waals surface area contributed by atoms with Gasteiger partial charge in [0.2, 0.25) is 0 Å². The Balaban J connectivity index is 1.67. The minimum absolute atomic E-state index is 0.204. The molecule has 1 saturated heterocycles. The molecule has 1 aliphatic heterocycles. The number of ether oxygens (including phenoxy) is 1. The van der Waals surface area contributed by atoms with Crippen molar-refractivity contribution in [3.8, 4) is 0 Å². The molecule has 2 atom stereocenters. The number of hydrogen-bond donors (Lipinski definition) is 0. The Labute approximate surface area is 171 Å². The molecule has 2 unspecified atom stereocenters. The zero-order chi connectivity index (χ0) is 20.4. The summed E-state index contributed by atoms with van der Waals surface area (Å²) >= 11 is 0. The van der Waals surface area contributed by atoms with Gasteiger partial charge in [-0.05, 0) is 49.7 Å². The summed E-state index contributed by atoms with van der Waals surface area (Å²) in [4.78, 5) is 11.0. The first-order chi connectivity index (χ1) is 13.5. The van der Waals surface area contributed by atoms with Crippen LogP contribution in [0.15, 0.2) is 40.8 Å². The molecule has 1 aromatic carbocycles. The van der Waals surface area contributed by atoms with Crippen LogP contribution >= 0.6 is 9.24 Å². The fraction of sp³-hybridized carbons (Fsp3) is 0.571. The van der Waals surface area contributed by atoms with Crippen molar-refractivity contribution in [2.45, 2.75) is 26.1 Å². The summed E-state index contributed by atoms with van der Waals surface area (Å²) < 4.78 is 19.0. The van der Waals surface area contributed by atoms with E-state index in [-0.39, 0.29) is 11.9 Å². The predicted octanol–water partition coefficient (Wildman–Crippen LogP) is 3.04. The van der Waals surface area contributed by atoms with E-state index in [2.05, 4.69) is 49.6 Å². The third-order valence-corrected chi connectivity index (χ3v) is 5.29. The van der Waals surface area contributed by atoms with E-state index in [9.17, 15) is 4.39 Å². The number of hydrogen-bond acceptors (Lipinski definition) is 5. The van der Waals surface area contributed by atoms with Crippen LogP contribution in [-0.4, -0.2) is 80.5 Å². The lowest BCUT2D eigenvalue weighted by Crippen LogP contribution is -2.40. The number of rotatable bonds is 12. The van der Waals surface area contributed by atoms with Gasteiger partial charge in [-0.3, -0.25) is 19.7 Å². The van der Waals surface area contributed by atoms with Gasteiger partial charge in [0.25, 0.3) is 0 Å². The predicted molar refractivity (Wildman–Crippen MR) is 118 cm³/mol. The molecule has 1 aromatic rings. The summed E-state index contributed by atoms with van der Waals surface area (Å²) in [6, 6.07) is 6.55. The topological polar surface area (TPSA) is 31.3 Å². The highest BCUT2D eigenvalue weighted by molar-refractivity contribution is 7.22. The summed E-state index contributed by atoms with van der Waals surface area (Å²) in [6.07, 6.45) is 3.11. The van der Waals surface area contributed by atoms with Gasteiger partial charge in [-0.1, -0.05) is 19.1 Å². The first-order valence-electron chi connectivity index (χ1n) is 9.89. The van der Waals surface area contributed by atoms with E-state index in [0.717, 1.165) is 63.2 Å². The Hall–Kier alpha value is -1.17. The summed E-state index contributed by atoms with van der Waals surface area (Å²) in [5, 5.41) is 1.13. The molecule has 0 bridgehead atoms. The van der Waals surface area contributed by atoms with Crippen LogP contribution in [0.3, 0.4) is 0 Å². The van der Waals surface area contributed by atoms with E-state index in [1.165, 1.54) is 12.1 Å². The fourth-order valence-electron chi connectivity index (χ4n) is 3.40. The Kier molecular flexibility index (Phi) is 10.2. The average Bonchev–Trinajstić information content (AvgIpc) is 3.12. The molecule has 1 aliphatic rings. The van der Waals surface area contributed by atoms with Gasteiger partial charge < -0.3 is 4.74 Å². The maximum absolute atomic E-state index is 13.0. The van der Waals surface area contributed by atoms with E-state index in [4.69, 9.17) is 4.74 Å². The maximum atomic E-state index is 13.0. The van der Waals surface area contributed by atoms with E-state index in [0.29, 0.717) is 6.61 Å². The molecule has 156 valence electrons. The van der Waals surface area contributed by atoms with Gasteiger partial charge in [0, 0.05) is 38.9 Å². The second-order valence-electron chi connectivity index (χ2n) is 7.40. The van der Waals surface area contributed by atoms with E-state index >= 15 is 0 Å². The highest BCUT2D eigenvalue weighted by atomic mass is 31.0. The van der Waals surface area contributed by atoms with Crippen molar-refractivity contribution in [1.82, 2.24) is 14.7 Å². The largest absolute Gasteiger partial charge is 0.372 e. The molecule has 0 amide bonds. The molecular weight excluding hydrogens is 374 g/mol. The Morgan fingerprint density at radius 3 is 2.86 bits per heavy atom. The van der Waals surface area contributed by atoms with Crippen LogP contribution < -0.4 is 0 Å². The molecule has 1 fully saturated rings. The number of aliphatic imine (C=N–C) groups is 1. The Morgan fingerprint density at radius 1 is 1.43 bits per heavy atom. The van der Waals surface area contributed by atoms with Crippen LogP contribution in [0.2, 0.25) is 0 Å². The van der Waals surface area contributed by atoms with E-state index < -0.39 is 0 Å². The van der Waals surface area contributed by atoms with Gasteiger partial charge in [-0.25, -0.2) is 4.39 Å². The Morgan fingerprint density at radius 2 is 2.18 bits per heavy atom. The van der Waals surface area contributed by atoms with Crippen LogP contribution in [0, 0.1) is 5.82 Å². The third-order valence-electron chi connectivity index (χ3n) is 4.96. The summed E-state index contributed by atoms with van der Waals surface area (Å²) in [5.41, 5.74) is 1.02. The van der Waals surface area contributed by atoms with Crippen LogP contribution in [-0.2, 0) is 11.3 Å². The van der Waals surface area contributed by atoms with Gasteiger partial charge in [0.15, 0.2) is 0 Å². The van der Waals surface area contributed by atoms with Crippen molar-refractivity contribution < 1.29 is 9.13 Å². The normalized spacial score (nSPS) is 18.4.